The van der Waals surface area contributed by atoms with Crippen LogP contribution in [-0.2, 0) is 17.8 Å². The number of imidazole rings is 1. The van der Waals surface area contributed by atoms with Crippen LogP contribution in [0.15, 0.2) is 67.0 Å². The average Bonchev–Trinajstić information content (AvgIpc) is 3.28. The summed E-state index contributed by atoms with van der Waals surface area (Å²) in [6, 6.07) is 18.7. The summed E-state index contributed by atoms with van der Waals surface area (Å²) in [6.07, 6.45) is 8.36. The molecular formula is C26H30N4O. The molecule has 3 aromatic rings. The number of fused-ring (bicyclic) bond motifs is 1. The van der Waals surface area contributed by atoms with E-state index >= 15 is 0 Å². The molecule has 5 nitrogen and oxygen atoms in total. The number of amides is 1. The van der Waals surface area contributed by atoms with Crippen molar-refractivity contribution in [3.8, 4) is 11.4 Å². The molecule has 0 radical (unpaired) electrons. The van der Waals surface area contributed by atoms with E-state index in [1.165, 1.54) is 5.56 Å². The highest BCUT2D eigenvalue weighted by Crippen LogP contribution is 2.28. The number of nitrogens with zero attached hydrogens (tertiary/aromatic N) is 4. The number of benzene rings is 2. The Labute approximate surface area is 184 Å². The summed E-state index contributed by atoms with van der Waals surface area (Å²) >= 11 is 0. The van der Waals surface area contributed by atoms with Crippen molar-refractivity contribution in [3.05, 3.63) is 72.6 Å². The quantitative estimate of drug-likeness (QED) is 0.627. The molecule has 2 aliphatic rings. The third-order valence-electron chi connectivity index (χ3n) is 6.68. The maximum atomic E-state index is 13.0. The molecule has 0 unspecified atom stereocenters. The van der Waals surface area contributed by atoms with Gasteiger partial charge in [0.25, 0.3) is 0 Å². The fourth-order valence-electron chi connectivity index (χ4n) is 4.98. The SMILES string of the molecule is O=C(CN1CCC(Cn2ccnc2-c2ccccc2)CC1)N1CCCc2ccccc21. The largest absolute Gasteiger partial charge is 0.331 e. The summed E-state index contributed by atoms with van der Waals surface area (Å²) in [6.45, 7) is 4.34. The molecule has 0 aliphatic carbocycles. The standard InChI is InChI=1S/C26H30N4O/c31-25(30-15-6-10-22-7-4-5-11-24(22)30)20-28-16-12-21(13-17-28)19-29-18-14-27-26(29)23-8-2-1-3-9-23/h1-5,7-9,11,14,18,21H,6,10,12-13,15-17,19-20H2. The Hall–Kier alpha value is -2.92. The highest BCUT2D eigenvalue weighted by molar-refractivity contribution is 5.95. The van der Waals surface area contributed by atoms with Crippen LogP contribution in [0.2, 0.25) is 0 Å². The summed E-state index contributed by atoms with van der Waals surface area (Å²) in [4.78, 5) is 22.0. The molecule has 0 N–H and O–H groups in total. The highest BCUT2D eigenvalue weighted by atomic mass is 16.2. The zero-order valence-corrected chi connectivity index (χ0v) is 18.0. The van der Waals surface area contributed by atoms with Crippen molar-refractivity contribution < 1.29 is 4.79 Å². The van der Waals surface area contributed by atoms with Gasteiger partial charge in [-0.25, -0.2) is 4.98 Å². The lowest BCUT2D eigenvalue weighted by atomic mass is 9.96. The van der Waals surface area contributed by atoms with Gasteiger partial charge in [-0.3, -0.25) is 9.69 Å². The Morgan fingerprint density at radius 1 is 0.968 bits per heavy atom. The predicted molar refractivity (Wildman–Crippen MR) is 124 cm³/mol. The number of para-hydroxylation sites is 1. The number of aromatic nitrogens is 2. The van der Waals surface area contributed by atoms with Crippen molar-refractivity contribution in [2.75, 3.05) is 31.1 Å². The molecule has 3 heterocycles. The summed E-state index contributed by atoms with van der Waals surface area (Å²) in [5.74, 6) is 1.91. The van der Waals surface area contributed by atoms with Gasteiger partial charge in [-0.2, -0.15) is 0 Å². The monoisotopic (exact) mass is 414 g/mol. The number of rotatable bonds is 5. The van der Waals surface area contributed by atoms with Gasteiger partial charge >= 0.3 is 0 Å². The van der Waals surface area contributed by atoms with Crippen LogP contribution in [0.4, 0.5) is 5.69 Å². The molecule has 1 aromatic heterocycles. The van der Waals surface area contributed by atoms with Crippen LogP contribution in [0.3, 0.4) is 0 Å². The number of anilines is 1. The van der Waals surface area contributed by atoms with Crippen LogP contribution in [0, 0.1) is 5.92 Å². The van der Waals surface area contributed by atoms with Gasteiger partial charge in [0.05, 0.1) is 6.54 Å². The summed E-state index contributed by atoms with van der Waals surface area (Å²) in [5.41, 5.74) is 3.58. The van der Waals surface area contributed by atoms with Crippen molar-refractivity contribution in [1.82, 2.24) is 14.5 Å². The second-order valence-corrected chi connectivity index (χ2v) is 8.77. The smallest absolute Gasteiger partial charge is 0.241 e. The van der Waals surface area contributed by atoms with Gasteiger partial charge in [-0.15, -0.1) is 0 Å². The first-order chi connectivity index (χ1) is 15.3. The molecule has 1 amide bonds. The predicted octanol–water partition coefficient (Wildman–Crippen LogP) is 4.24. The molecule has 0 saturated carbocycles. The Morgan fingerprint density at radius 3 is 2.58 bits per heavy atom. The van der Waals surface area contributed by atoms with E-state index in [4.69, 9.17) is 0 Å². The highest BCUT2D eigenvalue weighted by Gasteiger charge is 2.26. The third kappa shape index (κ3) is 4.42. The summed E-state index contributed by atoms with van der Waals surface area (Å²) < 4.78 is 2.28. The zero-order chi connectivity index (χ0) is 21.0. The molecule has 2 aromatic carbocycles. The van der Waals surface area contributed by atoms with Gasteiger partial charge in [-0.1, -0.05) is 48.5 Å². The third-order valence-corrected chi connectivity index (χ3v) is 6.68. The van der Waals surface area contributed by atoms with Crippen molar-refractivity contribution >= 4 is 11.6 Å². The Balaban J connectivity index is 1.16. The second kappa shape index (κ2) is 9.06. The number of hydrogen-bond acceptors (Lipinski definition) is 3. The molecule has 0 bridgehead atoms. The van der Waals surface area contributed by atoms with E-state index < -0.39 is 0 Å². The molecule has 160 valence electrons. The first-order valence-corrected chi connectivity index (χ1v) is 11.4. The minimum absolute atomic E-state index is 0.242. The van der Waals surface area contributed by atoms with Gasteiger partial charge in [0.15, 0.2) is 0 Å². The van der Waals surface area contributed by atoms with E-state index in [-0.39, 0.29) is 5.91 Å². The Morgan fingerprint density at radius 2 is 1.74 bits per heavy atom. The molecule has 1 saturated heterocycles. The molecule has 1 fully saturated rings. The first kappa shape index (κ1) is 20.0. The molecule has 0 spiro atoms. The van der Waals surface area contributed by atoms with E-state index in [2.05, 4.69) is 63.1 Å². The number of likely N-dealkylation sites (tertiary alicyclic amines) is 1. The minimum atomic E-state index is 0.242. The average molecular weight is 415 g/mol. The molecule has 0 atom stereocenters. The molecule has 5 heteroatoms. The van der Waals surface area contributed by atoms with Crippen LogP contribution >= 0.6 is 0 Å². The van der Waals surface area contributed by atoms with Crippen molar-refractivity contribution in [1.29, 1.82) is 0 Å². The maximum Gasteiger partial charge on any atom is 0.241 e. The van der Waals surface area contributed by atoms with E-state index in [1.807, 2.05) is 23.2 Å². The van der Waals surface area contributed by atoms with E-state index in [0.717, 1.165) is 68.9 Å². The van der Waals surface area contributed by atoms with Gasteiger partial charge in [-0.05, 0) is 56.3 Å². The number of carbonyl (C=O) groups excluding carboxylic acids is 1. The lowest BCUT2D eigenvalue weighted by Crippen LogP contribution is -2.45. The van der Waals surface area contributed by atoms with Crippen LogP contribution in [0.25, 0.3) is 11.4 Å². The minimum Gasteiger partial charge on any atom is -0.331 e. The number of piperidine rings is 1. The summed E-state index contributed by atoms with van der Waals surface area (Å²) in [5, 5.41) is 0. The summed E-state index contributed by atoms with van der Waals surface area (Å²) in [7, 11) is 0. The van der Waals surface area contributed by atoms with E-state index in [0.29, 0.717) is 12.5 Å². The number of hydrogen-bond donors (Lipinski definition) is 0. The topological polar surface area (TPSA) is 41.4 Å². The fourth-order valence-corrected chi connectivity index (χ4v) is 4.98. The van der Waals surface area contributed by atoms with Crippen molar-refractivity contribution in [3.63, 3.8) is 0 Å². The van der Waals surface area contributed by atoms with Gasteiger partial charge in [0.2, 0.25) is 5.91 Å². The molecule has 5 rings (SSSR count). The molecule has 2 aliphatic heterocycles. The van der Waals surface area contributed by atoms with Crippen molar-refractivity contribution in [2.24, 2.45) is 5.92 Å². The van der Waals surface area contributed by atoms with E-state index in [9.17, 15) is 4.79 Å². The normalized spacial score (nSPS) is 17.5. The number of carbonyl (C=O) groups is 1. The van der Waals surface area contributed by atoms with E-state index in [1.54, 1.807) is 0 Å². The second-order valence-electron chi connectivity index (χ2n) is 8.77. The van der Waals surface area contributed by atoms with Crippen LogP contribution < -0.4 is 4.90 Å². The van der Waals surface area contributed by atoms with Crippen LogP contribution in [-0.4, -0.2) is 46.5 Å². The Kier molecular flexibility index (Phi) is 5.85. The first-order valence-electron chi connectivity index (χ1n) is 11.4. The fraction of sp³-hybridized carbons (Fsp3) is 0.385. The zero-order valence-electron chi connectivity index (χ0n) is 18.0. The number of aryl methyl sites for hydroxylation is 1. The van der Waals surface area contributed by atoms with Crippen molar-refractivity contribution in [2.45, 2.75) is 32.2 Å². The maximum absolute atomic E-state index is 13.0. The van der Waals surface area contributed by atoms with Crippen LogP contribution in [0.5, 0.6) is 0 Å². The van der Waals surface area contributed by atoms with Crippen LogP contribution in [0.1, 0.15) is 24.8 Å². The Bertz CT molecular complexity index is 1020. The molecular weight excluding hydrogens is 384 g/mol. The lowest BCUT2D eigenvalue weighted by molar-refractivity contribution is -0.120. The lowest BCUT2D eigenvalue weighted by Gasteiger charge is -2.35. The van der Waals surface area contributed by atoms with Gasteiger partial charge in [0.1, 0.15) is 5.82 Å². The molecule has 31 heavy (non-hydrogen) atoms. The van der Waals surface area contributed by atoms with Gasteiger partial charge in [0, 0.05) is 36.7 Å². The van der Waals surface area contributed by atoms with Gasteiger partial charge < -0.3 is 9.47 Å².